The van der Waals surface area contributed by atoms with E-state index in [0.29, 0.717) is 0 Å². The predicted octanol–water partition coefficient (Wildman–Crippen LogP) is 9.42. The van der Waals surface area contributed by atoms with E-state index in [-0.39, 0.29) is 5.78 Å². The molecular weight excluding hydrogens is 538 g/mol. The number of carbonyl (C=O) groups is 2. The lowest BCUT2D eigenvalue weighted by atomic mass is 9.83. The van der Waals surface area contributed by atoms with E-state index < -0.39 is 0 Å². The number of aldehydes is 1. The van der Waals surface area contributed by atoms with Crippen LogP contribution < -0.4 is 5.73 Å². The number of hydrogen-bond donors (Lipinski definition) is 1. The van der Waals surface area contributed by atoms with E-state index in [9.17, 15) is 9.59 Å². The number of nitrogens with two attached hydrogens (primary N) is 1. The second-order valence-corrected chi connectivity index (χ2v) is 11.6. The molecule has 0 heterocycles. The van der Waals surface area contributed by atoms with E-state index in [1.54, 1.807) is 6.92 Å². The predicted molar refractivity (Wildman–Crippen MR) is 185 cm³/mol. The first kappa shape index (κ1) is 29.2. The van der Waals surface area contributed by atoms with Gasteiger partial charge in [-0.25, -0.2) is 0 Å². The van der Waals surface area contributed by atoms with Crippen LogP contribution in [0.1, 0.15) is 56.3 Å². The molecule has 0 spiro atoms. The zero-order valence-corrected chi connectivity index (χ0v) is 25.4. The summed E-state index contributed by atoms with van der Waals surface area (Å²) in [6.45, 7) is 4.47. The molecule has 0 radical (unpaired) electrons. The van der Waals surface area contributed by atoms with Crippen LogP contribution >= 0.6 is 0 Å². The molecule has 0 saturated heterocycles. The van der Waals surface area contributed by atoms with Crippen LogP contribution in [-0.4, -0.2) is 18.6 Å². The Morgan fingerprint density at radius 3 is 1.75 bits per heavy atom. The number of aryl methyl sites for hydroxylation is 3. The Hall–Kier alpha value is -4.86. The van der Waals surface area contributed by atoms with Crippen molar-refractivity contribution in [2.45, 2.75) is 39.5 Å². The van der Waals surface area contributed by atoms with Crippen molar-refractivity contribution in [2.75, 3.05) is 6.54 Å². The van der Waals surface area contributed by atoms with Gasteiger partial charge in [0.25, 0.3) is 0 Å². The average Bonchev–Trinajstić information content (AvgIpc) is 3.05. The maximum Gasteiger partial charge on any atom is 0.160 e. The Balaban J connectivity index is 0.000000329. The minimum absolute atomic E-state index is 0.0918. The molecule has 0 atom stereocenters. The van der Waals surface area contributed by atoms with Gasteiger partial charge < -0.3 is 5.73 Å². The fraction of sp³-hybridized carbons (Fsp3) is 0.171. The molecule has 7 aromatic carbocycles. The summed E-state index contributed by atoms with van der Waals surface area (Å²) in [6, 6.07) is 37.6. The molecular formula is C41H37NO2. The topological polar surface area (TPSA) is 60.2 Å². The highest BCUT2D eigenvalue weighted by molar-refractivity contribution is 6.35. The van der Waals surface area contributed by atoms with Crippen LogP contribution in [0.15, 0.2) is 109 Å². The van der Waals surface area contributed by atoms with Crippen LogP contribution in [0.2, 0.25) is 0 Å². The summed E-state index contributed by atoms with van der Waals surface area (Å²) in [5.74, 6) is 0.0918. The van der Waals surface area contributed by atoms with Crippen LogP contribution in [0.3, 0.4) is 0 Å². The third-order valence-electron chi connectivity index (χ3n) is 8.77. The molecule has 7 aromatic rings. The largest absolute Gasteiger partial charge is 0.330 e. The summed E-state index contributed by atoms with van der Waals surface area (Å²) in [5, 5.41) is 8.96. The zero-order chi connectivity index (χ0) is 30.6. The van der Waals surface area contributed by atoms with Crippen LogP contribution in [0.5, 0.6) is 0 Å². The molecule has 3 nitrogen and oxygen atoms in total. The Morgan fingerprint density at radius 2 is 1.16 bits per heavy atom. The smallest absolute Gasteiger partial charge is 0.160 e. The fourth-order valence-electron chi connectivity index (χ4n) is 6.70. The molecule has 0 aliphatic rings. The third-order valence-corrected chi connectivity index (χ3v) is 8.77. The maximum atomic E-state index is 12.8. The first-order valence-electron chi connectivity index (χ1n) is 15.4. The zero-order valence-electron chi connectivity index (χ0n) is 25.4. The molecule has 0 aliphatic heterocycles. The van der Waals surface area contributed by atoms with Crippen molar-refractivity contribution in [3.8, 4) is 0 Å². The number of fused-ring (bicyclic) bond motifs is 2. The van der Waals surface area contributed by atoms with E-state index in [1.165, 1.54) is 16.7 Å². The lowest BCUT2D eigenvalue weighted by molar-refractivity contribution is 0.101. The van der Waals surface area contributed by atoms with Crippen molar-refractivity contribution < 1.29 is 9.59 Å². The van der Waals surface area contributed by atoms with Crippen LogP contribution in [0.4, 0.5) is 0 Å². The number of ketones is 1. The maximum absolute atomic E-state index is 12.8. The van der Waals surface area contributed by atoms with Gasteiger partial charge in [-0.1, -0.05) is 109 Å². The minimum atomic E-state index is 0.0918. The molecule has 0 bridgehead atoms. The number of benzene rings is 7. The first-order valence-corrected chi connectivity index (χ1v) is 15.4. The molecule has 0 aromatic heterocycles. The fourth-order valence-corrected chi connectivity index (χ4v) is 6.70. The molecule has 2 N–H and O–H groups in total. The highest BCUT2D eigenvalue weighted by Gasteiger charge is 2.20. The normalized spacial score (nSPS) is 11.2. The van der Waals surface area contributed by atoms with E-state index >= 15 is 0 Å². The van der Waals surface area contributed by atoms with Gasteiger partial charge in [0.2, 0.25) is 0 Å². The van der Waals surface area contributed by atoms with E-state index in [1.807, 2.05) is 36.4 Å². The van der Waals surface area contributed by atoms with Gasteiger partial charge >= 0.3 is 0 Å². The molecule has 218 valence electrons. The van der Waals surface area contributed by atoms with Gasteiger partial charge in [0.1, 0.15) is 0 Å². The summed E-state index contributed by atoms with van der Waals surface area (Å²) in [5.41, 5.74) is 11.9. The van der Waals surface area contributed by atoms with Gasteiger partial charge in [-0.05, 0) is 111 Å². The third kappa shape index (κ3) is 5.47. The minimum Gasteiger partial charge on any atom is -0.330 e. The summed E-state index contributed by atoms with van der Waals surface area (Å²) >= 11 is 0. The molecule has 0 saturated carbocycles. The highest BCUT2D eigenvalue weighted by atomic mass is 16.1. The van der Waals surface area contributed by atoms with Crippen LogP contribution in [0.25, 0.3) is 43.1 Å². The summed E-state index contributed by atoms with van der Waals surface area (Å²) in [7, 11) is 0. The van der Waals surface area contributed by atoms with Crippen molar-refractivity contribution in [1.29, 1.82) is 0 Å². The van der Waals surface area contributed by atoms with Crippen LogP contribution in [0, 0.1) is 6.92 Å². The monoisotopic (exact) mass is 575 g/mol. The van der Waals surface area contributed by atoms with Gasteiger partial charge in [-0.15, -0.1) is 0 Å². The lowest BCUT2D eigenvalue weighted by Crippen LogP contribution is -2.01. The highest BCUT2D eigenvalue weighted by Crippen LogP contribution is 2.43. The van der Waals surface area contributed by atoms with E-state index in [2.05, 4.69) is 79.7 Å². The van der Waals surface area contributed by atoms with Gasteiger partial charge in [-0.2, -0.15) is 0 Å². The molecule has 0 amide bonds. The van der Waals surface area contributed by atoms with Gasteiger partial charge in [0.05, 0.1) is 0 Å². The summed E-state index contributed by atoms with van der Waals surface area (Å²) in [4.78, 5) is 24.6. The van der Waals surface area contributed by atoms with Crippen molar-refractivity contribution >= 4 is 55.2 Å². The number of carbonyl (C=O) groups excluding carboxylic acids is 2. The van der Waals surface area contributed by atoms with Crippen molar-refractivity contribution in [3.63, 3.8) is 0 Å². The Kier molecular flexibility index (Phi) is 8.49. The van der Waals surface area contributed by atoms with Crippen LogP contribution in [-0.2, 0) is 19.3 Å². The molecule has 7 rings (SSSR count). The molecule has 44 heavy (non-hydrogen) atoms. The second kappa shape index (κ2) is 12.8. The SMILES string of the molecule is CC(=O)c1ccc2c3ccc(C)c4c(C=O)ccc(c5ccc(CCCc6ccccc6)c1c52)c43.NCCc1ccccc1. The van der Waals surface area contributed by atoms with E-state index in [0.717, 1.165) is 98.3 Å². The Labute approximate surface area is 258 Å². The van der Waals surface area contributed by atoms with Crippen molar-refractivity contribution in [2.24, 2.45) is 5.73 Å². The second-order valence-electron chi connectivity index (χ2n) is 11.6. The summed E-state index contributed by atoms with van der Waals surface area (Å²) < 4.78 is 0. The Morgan fingerprint density at radius 1 is 0.614 bits per heavy atom. The molecule has 3 heteroatoms. The van der Waals surface area contributed by atoms with Gasteiger partial charge in [-0.3, -0.25) is 9.59 Å². The Bertz CT molecular complexity index is 2080. The molecule has 0 fully saturated rings. The lowest BCUT2D eigenvalue weighted by Gasteiger charge is -2.19. The first-order chi connectivity index (χ1) is 21.5. The van der Waals surface area contributed by atoms with Crippen molar-refractivity contribution in [1.82, 2.24) is 0 Å². The quantitative estimate of drug-likeness (QED) is 0.0850. The average molecular weight is 576 g/mol. The van der Waals surface area contributed by atoms with E-state index in [4.69, 9.17) is 5.73 Å². The number of Topliss-reactive ketones (excluding diaryl/α,β-unsaturated/α-hetero) is 1. The number of rotatable bonds is 8. The van der Waals surface area contributed by atoms with Gasteiger partial charge in [0.15, 0.2) is 12.1 Å². The molecule has 0 aliphatic carbocycles. The standard InChI is InChI=1S/C33H26O2.C8H11N/c1-20-11-14-26-29-18-17-25(21(2)35)31-23(10-6-9-22-7-4-3-5-8-22)12-15-28(33(29)31)27-16-13-24(19-34)30(20)32(26)27;9-7-6-8-4-2-1-3-5-8/h3-5,7-8,11-19H,6,9-10H2,1-2H3;1-5H,6-7,9H2. The summed E-state index contributed by atoms with van der Waals surface area (Å²) in [6.07, 6.45) is 4.88. The van der Waals surface area contributed by atoms with Crippen molar-refractivity contribution in [3.05, 3.63) is 143 Å². The van der Waals surface area contributed by atoms with Gasteiger partial charge in [0, 0.05) is 11.1 Å². The number of hydrogen-bond acceptors (Lipinski definition) is 3. The molecule has 0 unspecified atom stereocenters.